The number of nitrogens with two attached hydrogens (primary N) is 1. The predicted molar refractivity (Wildman–Crippen MR) is 60.7 cm³/mol. The SMILES string of the molecule is CCC(N)C(OC(C)C)c1ccc(C)o1. The summed E-state index contributed by atoms with van der Waals surface area (Å²) in [6.45, 7) is 7.99. The first kappa shape index (κ1) is 12.3. The summed E-state index contributed by atoms with van der Waals surface area (Å²) in [7, 11) is 0. The van der Waals surface area contributed by atoms with Gasteiger partial charge in [-0.3, -0.25) is 0 Å². The Morgan fingerprint density at radius 1 is 1.40 bits per heavy atom. The summed E-state index contributed by atoms with van der Waals surface area (Å²) in [4.78, 5) is 0. The summed E-state index contributed by atoms with van der Waals surface area (Å²) in [5.74, 6) is 1.72. The smallest absolute Gasteiger partial charge is 0.134 e. The normalized spacial score (nSPS) is 15.6. The fourth-order valence-electron chi connectivity index (χ4n) is 1.49. The van der Waals surface area contributed by atoms with Gasteiger partial charge in [-0.05, 0) is 39.3 Å². The minimum Gasteiger partial charge on any atom is -0.464 e. The van der Waals surface area contributed by atoms with Crippen LogP contribution in [0.4, 0.5) is 0 Å². The Morgan fingerprint density at radius 2 is 2.07 bits per heavy atom. The number of rotatable bonds is 5. The van der Waals surface area contributed by atoms with Gasteiger partial charge in [-0.25, -0.2) is 0 Å². The van der Waals surface area contributed by atoms with Crippen LogP contribution in [0.15, 0.2) is 16.5 Å². The summed E-state index contributed by atoms with van der Waals surface area (Å²) in [6.07, 6.45) is 0.888. The Morgan fingerprint density at radius 3 is 2.47 bits per heavy atom. The molecule has 2 N–H and O–H groups in total. The maximum atomic E-state index is 6.02. The largest absolute Gasteiger partial charge is 0.464 e. The molecule has 0 aliphatic carbocycles. The number of hydrogen-bond donors (Lipinski definition) is 1. The van der Waals surface area contributed by atoms with Gasteiger partial charge in [0.25, 0.3) is 0 Å². The molecule has 0 spiro atoms. The van der Waals surface area contributed by atoms with Gasteiger partial charge < -0.3 is 14.9 Å². The zero-order valence-corrected chi connectivity index (χ0v) is 9.99. The van der Waals surface area contributed by atoms with Crippen molar-refractivity contribution < 1.29 is 9.15 Å². The lowest BCUT2D eigenvalue weighted by atomic mass is 10.1. The molecule has 1 rings (SSSR count). The highest BCUT2D eigenvalue weighted by Crippen LogP contribution is 2.25. The molecule has 0 fully saturated rings. The van der Waals surface area contributed by atoms with Crippen molar-refractivity contribution in [3.63, 3.8) is 0 Å². The molecule has 0 aliphatic rings. The highest BCUT2D eigenvalue weighted by Gasteiger charge is 2.23. The third-order valence-corrected chi connectivity index (χ3v) is 2.32. The third kappa shape index (κ3) is 3.36. The number of aryl methyl sites for hydroxylation is 1. The molecule has 1 aromatic rings. The van der Waals surface area contributed by atoms with Crippen LogP contribution in [0.1, 0.15) is 44.8 Å². The monoisotopic (exact) mass is 211 g/mol. The van der Waals surface area contributed by atoms with Crippen molar-refractivity contribution in [3.8, 4) is 0 Å². The van der Waals surface area contributed by atoms with Crippen LogP contribution in [-0.2, 0) is 4.74 Å². The first-order chi connectivity index (χ1) is 7.04. The van der Waals surface area contributed by atoms with Gasteiger partial charge in [-0.15, -0.1) is 0 Å². The lowest BCUT2D eigenvalue weighted by molar-refractivity contribution is -0.0210. The fourth-order valence-corrected chi connectivity index (χ4v) is 1.49. The Labute approximate surface area is 91.6 Å². The molecule has 0 saturated carbocycles. The van der Waals surface area contributed by atoms with Crippen LogP contribution in [0.2, 0.25) is 0 Å². The van der Waals surface area contributed by atoms with Crippen LogP contribution in [0, 0.1) is 6.92 Å². The van der Waals surface area contributed by atoms with E-state index >= 15 is 0 Å². The molecular formula is C12H21NO2. The Hall–Kier alpha value is -0.800. The quantitative estimate of drug-likeness (QED) is 0.814. The molecule has 2 unspecified atom stereocenters. The second-order valence-electron chi connectivity index (χ2n) is 4.13. The molecule has 2 atom stereocenters. The molecule has 1 heterocycles. The van der Waals surface area contributed by atoms with Gasteiger partial charge in [0.1, 0.15) is 17.6 Å². The van der Waals surface area contributed by atoms with Crippen LogP contribution in [0.5, 0.6) is 0 Å². The van der Waals surface area contributed by atoms with Crippen LogP contribution in [0.25, 0.3) is 0 Å². The molecule has 3 nitrogen and oxygen atoms in total. The van der Waals surface area contributed by atoms with E-state index in [2.05, 4.69) is 6.92 Å². The highest BCUT2D eigenvalue weighted by molar-refractivity contribution is 5.10. The summed E-state index contributed by atoms with van der Waals surface area (Å²) in [6, 6.07) is 3.87. The van der Waals surface area contributed by atoms with E-state index in [9.17, 15) is 0 Å². The van der Waals surface area contributed by atoms with Crippen molar-refractivity contribution >= 4 is 0 Å². The number of hydrogen-bond acceptors (Lipinski definition) is 3. The van der Waals surface area contributed by atoms with Crippen LogP contribution < -0.4 is 5.73 Å². The van der Waals surface area contributed by atoms with E-state index < -0.39 is 0 Å². The standard InChI is InChI=1S/C12H21NO2/c1-5-10(13)12(14-8(2)3)11-7-6-9(4)15-11/h6-8,10,12H,5,13H2,1-4H3. The molecule has 1 aromatic heterocycles. The van der Waals surface area contributed by atoms with E-state index in [1.807, 2.05) is 32.9 Å². The van der Waals surface area contributed by atoms with E-state index in [4.69, 9.17) is 14.9 Å². The Kier molecular flexibility index (Phi) is 4.36. The molecule has 0 saturated heterocycles. The second-order valence-corrected chi connectivity index (χ2v) is 4.13. The van der Waals surface area contributed by atoms with E-state index in [0.717, 1.165) is 17.9 Å². The van der Waals surface area contributed by atoms with E-state index in [-0.39, 0.29) is 18.2 Å². The minimum atomic E-state index is -0.135. The second kappa shape index (κ2) is 5.33. The van der Waals surface area contributed by atoms with Crippen molar-refractivity contribution in [2.75, 3.05) is 0 Å². The minimum absolute atomic E-state index is 0.0158. The fraction of sp³-hybridized carbons (Fsp3) is 0.667. The molecule has 0 aliphatic heterocycles. The summed E-state index contributed by atoms with van der Waals surface area (Å²) in [5, 5.41) is 0. The maximum Gasteiger partial charge on any atom is 0.134 e. The van der Waals surface area contributed by atoms with Crippen LogP contribution in [0.3, 0.4) is 0 Å². The molecule has 0 bridgehead atoms. The molecule has 0 aromatic carbocycles. The first-order valence-electron chi connectivity index (χ1n) is 5.52. The zero-order valence-electron chi connectivity index (χ0n) is 9.99. The molecular weight excluding hydrogens is 190 g/mol. The van der Waals surface area contributed by atoms with Gasteiger partial charge in [0.15, 0.2) is 0 Å². The average molecular weight is 211 g/mol. The highest BCUT2D eigenvalue weighted by atomic mass is 16.5. The zero-order chi connectivity index (χ0) is 11.4. The summed E-state index contributed by atoms with van der Waals surface area (Å²) >= 11 is 0. The van der Waals surface area contributed by atoms with Gasteiger partial charge in [-0.2, -0.15) is 0 Å². The first-order valence-corrected chi connectivity index (χ1v) is 5.52. The van der Waals surface area contributed by atoms with Crippen LogP contribution >= 0.6 is 0 Å². The van der Waals surface area contributed by atoms with Gasteiger partial charge in [0.2, 0.25) is 0 Å². The van der Waals surface area contributed by atoms with Gasteiger partial charge in [0, 0.05) is 6.04 Å². The van der Waals surface area contributed by atoms with Crippen molar-refractivity contribution in [1.29, 1.82) is 0 Å². The maximum absolute atomic E-state index is 6.02. The van der Waals surface area contributed by atoms with Gasteiger partial charge in [-0.1, -0.05) is 6.92 Å². The third-order valence-electron chi connectivity index (χ3n) is 2.32. The van der Waals surface area contributed by atoms with E-state index in [1.54, 1.807) is 0 Å². The molecule has 3 heteroatoms. The van der Waals surface area contributed by atoms with Crippen molar-refractivity contribution in [2.45, 2.75) is 52.4 Å². The molecule has 15 heavy (non-hydrogen) atoms. The van der Waals surface area contributed by atoms with Gasteiger partial charge >= 0.3 is 0 Å². The van der Waals surface area contributed by atoms with E-state index in [0.29, 0.717) is 0 Å². The molecule has 0 amide bonds. The summed E-state index contributed by atoms with van der Waals surface area (Å²) < 4.78 is 11.3. The Balaban J connectivity index is 2.80. The lowest BCUT2D eigenvalue weighted by Crippen LogP contribution is -2.30. The molecule has 86 valence electrons. The van der Waals surface area contributed by atoms with Crippen LogP contribution in [-0.4, -0.2) is 12.1 Å². The number of ether oxygens (including phenoxy) is 1. The van der Waals surface area contributed by atoms with Gasteiger partial charge in [0.05, 0.1) is 6.10 Å². The van der Waals surface area contributed by atoms with Crippen molar-refractivity contribution in [2.24, 2.45) is 5.73 Å². The molecule has 0 radical (unpaired) electrons. The topological polar surface area (TPSA) is 48.4 Å². The lowest BCUT2D eigenvalue weighted by Gasteiger charge is -2.23. The van der Waals surface area contributed by atoms with E-state index in [1.165, 1.54) is 0 Å². The van der Waals surface area contributed by atoms with Crippen molar-refractivity contribution in [1.82, 2.24) is 0 Å². The average Bonchev–Trinajstić information content (AvgIpc) is 2.59. The Bertz CT molecular complexity index is 294. The number of furan rings is 1. The van der Waals surface area contributed by atoms with Crippen molar-refractivity contribution in [3.05, 3.63) is 23.7 Å². The summed E-state index contributed by atoms with van der Waals surface area (Å²) in [5.41, 5.74) is 6.02. The predicted octanol–water partition coefficient (Wildman–Crippen LogP) is 2.79.